The summed E-state index contributed by atoms with van der Waals surface area (Å²) in [4.78, 5) is 0. The van der Waals surface area contributed by atoms with E-state index in [0.717, 1.165) is 18.8 Å². The molecule has 0 aliphatic heterocycles. The number of nitrogens with two attached hydrogens (primary N) is 1. The largest absolute Gasteiger partial charge is 0.494 e. The summed E-state index contributed by atoms with van der Waals surface area (Å²) in [6.45, 7) is 2.72. The summed E-state index contributed by atoms with van der Waals surface area (Å²) in [6.07, 6.45) is 1.12. The second-order valence-electron chi connectivity index (χ2n) is 3.51. The Balaban J connectivity index is 0.000000980. The van der Waals surface area contributed by atoms with Gasteiger partial charge in [-0.3, -0.25) is 0 Å². The minimum absolute atomic E-state index is 0. The maximum absolute atomic E-state index is 5.78. The number of benzene rings is 1. The molecule has 0 unspecified atom stereocenters. The Bertz CT molecular complexity index is 303. The highest BCUT2D eigenvalue weighted by atomic mass is 35.5. The van der Waals surface area contributed by atoms with Gasteiger partial charge >= 0.3 is 0 Å². The van der Waals surface area contributed by atoms with E-state index in [1.54, 1.807) is 0 Å². The van der Waals surface area contributed by atoms with Gasteiger partial charge in [0.1, 0.15) is 5.75 Å². The molecule has 2 rings (SSSR count). The van der Waals surface area contributed by atoms with Gasteiger partial charge < -0.3 is 10.5 Å². The molecule has 0 amide bonds. The summed E-state index contributed by atoms with van der Waals surface area (Å²) in [5, 5.41) is 0. The second kappa shape index (κ2) is 4.67. The fraction of sp³-hybridized carbons (Fsp3) is 0.455. The second-order valence-corrected chi connectivity index (χ2v) is 3.51. The van der Waals surface area contributed by atoms with E-state index in [9.17, 15) is 0 Å². The normalized spacial score (nSPS) is 23.9. The number of halogens is 1. The molecule has 0 bridgehead atoms. The van der Waals surface area contributed by atoms with Crippen LogP contribution in [-0.2, 0) is 0 Å². The molecule has 2 N–H and O–H groups in total. The highest BCUT2D eigenvalue weighted by molar-refractivity contribution is 5.85. The van der Waals surface area contributed by atoms with Crippen molar-refractivity contribution in [3.63, 3.8) is 0 Å². The van der Waals surface area contributed by atoms with Gasteiger partial charge in [0.15, 0.2) is 0 Å². The molecular formula is C11H16ClNO. The summed E-state index contributed by atoms with van der Waals surface area (Å²) < 4.78 is 5.42. The van der Waals surface area contributed by atoms with Gasteiger partial charge in [-0.15, -0.1) is 12.4 Å². The van der Waals surface area contributed by atoms with Gasteiger partial charge in [0, 0.05) is 12.0 Å². The minimum atomic E-state index is 0. The molecule has 1 saturated carbocycles. The molecule has 1 fully saturated rings. The van der Waals surface area contributed by atoms with E-state index in [2.05, 4.69) is 12.1 Å². The first-order valence-electron chi connectivity index (χ1n) is 4.79. The number of hydrogen-bond acceptors (Lipinski definition) is 2. The molecule has 2 atom stereocenters. The molecule has 0 heterocycles. The lowest BCUT2D eigenvalue weighted by Crippen LogP contribution is -2.01. The van der Waals surface area contributed by atoms with Gasteiger partial charge in [-0.25, -0.2) is 0 Å². The van der Waals surface area contributed by atoms with E-state index in [1.165, 1.54) is 5.56 Å². The lowest BCUT2D eigenvalue weighted by atomic mass is 10.1. The van der Waals surface area contributed by atoms with Crippen LogP contribution in [0.3, 0.4) is 0 Å². The van der Waals surface area contributed by atoms with Gasteiger partial charge in [-0.1, -0.05) is 12.1 Å². The summed E-state index contributed by atoms with van der Waals surface area (Å²) in [5.74, 6) is 1.53. The summed E-state index contributed by atoms with van der Waals surface area (Å²) in [5.41, 5.74) is 7.10. The lowest BCUT2D eigenvalue weighted by molar-refractivity contribution is 0.340. The zero-order valence-electron chi connectivity index (χ0n) is 8.27. The predicted molar refractivity (Wildman–Crippen MR) is 60.2 cm³/mol. The number of ether oxygens (including phenoxy) is 1. The van der Waals surface area contributed by atoms with E-state index in [4.69, 9.17) is 10.5 Å². The van der Waals surface area contributed by atoms with Gasteiger partial charge in [-0.2, -0.15) is 0 Å². The molecule has 0 aromatic heterocycles. The quantitative estimate of drug-likeness (QED) is 0.837. The van der Waals surface area contributed by atoms with Crippen molar-refractivity contribution in [1.82, 2.24) is 0 Å². The van der Waals surface area contributed by atoms with Gasteiger partial charge in [0.25, 0.3) is 0 Å². The maximum atomic E-state index is 5.78. The van der Waals surface area contributed by atoms with Crippen molar-refractivity contribution in [2.45, 2.75) is 25.3 Å². The van der Waals surface area contributed by atoms with E-state index >= 15 is 0 Å². The van der Waals surface area contributed by atoms with Crippen molar-refractivity contribution in [3.05, 3.63) is 29.8 Å². The Morgan fingerprint density at radius 2 is 2.21 bits per heavy atom. The summed E-state index contributed by atoms with van der Waals surface area (Å²) in [7, 11) is 0. The number of hydrogen-bond donors (Lipinski definition) is 1. The molecule has 1 aliphatic rings. The Kier molecular flexibility index (Phi) is 3.78. The Morgan fingerprint density at radius 3 is 2.79 bits per heavy atom. The predicted octanol–water partition coefficient (Wildman–Crippen LogP) is 2.32. The Labute approximate surface area is 90.9 Å². The fourth-order valence-corrected chi connectivity index (χ4v) is 1.60. The molecule has 1 aromatic carbocycles. The molecular weight excluding hydrogens is 198 g/mol. The zero-order chi connectivity index (χ0) is 9.26. The van der Waals surface area contributed by atoms with Crippen LogP contribution in [0.15, 0.2) is 24.3 Å². The molecule has 1 aliphatic carbocycles. The van der Waals surface area contributed by atoms with Crippen LogP contribution in [-0.4, -0.2) is 12.6 Å². The topological polar surface area (TPSA) is 35.2 Å². The molecule has 2 nitrogen and oxygen atoms in total. The van der Waals surface area contributed by atoms with Crippen LogP contribution in [0.2, 0.25) is 0 Å². The molecule has 0 radical (unpaired) electrons. The highest BCUT2D eigenvalue weighted by Crippen LogP contribution is 2.39. The van der Waals surface area contributed by atoms with Crippen molar-refractivity contribution >= 4 is 12.4 Å². The van der Waals surface area contributed by atoms with Crippen molar-refractivity contribution in [1.29, 1.82) is 0 Å². The van der Waals surface area contributed by atoms with Gasteiger partial charge in [0.05, 0.1) is 6.61 Å². The number of rotatable bonds is 3. The van der Waals surface area contributed by atoms with Crippen LogP contribution in [0.5, 0.6) is 5.75 Å². The third kappa shape index (κ3) is 2.40. The molecule has 1 aromatic rings. The molecule has 0 saturated heterocycles. The smallest absolute Gasteiger partial charge is 0.119 e. The van der Waals surface area contributed by atoms with Gasteiger partial charge in [-0.05, 0) is 31.0 Å². The minimum Gasteiger partial charge on any atom is -0.494 e. The first kappa shape index (κ1) is 11.3. The van der Waals surface area contributed by atoms with E-state index in [0.29, 0.717) is 12.0 Å². The Hall–Kier alpha value is -0.730. The van der Waals surface area contributed by atoms with E-state index in [-0.39, 0.29) is 12.4 Å². The Morgan fingerprint density at radius 1 is 1.50 bits per heavy atom. The van der Waals surface area contributed by atoms with Crippen LogP contribution in [0, 0.1) is 0 Å². The van der Waals surface area contributed by atoms with Crippen LogP contribution in [0.25, 0.3) is 0 Å². The van der Waals surface area contributed by atoms with Crippen molar-refractivity contribution in [2.75, 3.05) is 6.61 Å². The standard InChI is InChI=1S/C11H15NO.ClH/c1-2-13-9-5-3-4-8(6-9)10-7-11(10)12;/h3-6,10-11H,2,7,12H2,1H3;1H/t10-,11+;/m1./s1. The van der Waals surface area contributed by atoms with Crippen LogP contribution >= 0.6 is 12.4 Å². The van der Waals surface area contributed by atoms with Crippen molar-refractivity contribution < 1.29 is 4.74 Å². The molecule has 0 spiro atoms. The molecule has 3 heteroatoms. The van der Waals surface area contributed by atoms with Crippen molar-refractivity contribution in [3.8, 4) is 5.75 Å². The van der Waals surface area contributed by atoms with Gasteiger partial charge in [0.2, 0.25) is 0 Å². The fourth-order valence-electron chi connectivity index (χ4n) is 1.60. The zero-order valence-corrected chi connectivity index (χ0v) is 9.09. The summed E-state index contributed by atoms with van der Waals surface area (Å²) >= 11 is 0. The SMILES string of the molecule is CCOc1cccc([C@H]2C[C@@H]2N)c1.Cl. The van der Waals surface area contributed by atoms with Crippen LogP contribution in [0.4, 0.5) is 0 Å². The van der Waals surface area contributed by atoms with E-state index < -0.39 is 0 Å². The average molecular weight is 214 g/mol. The summed E-state index contributed by atoms with van der Waals surface area (Å²) in [6, 6.07) is 8.62. The van der Waals surface area contributed by atoms with E-state index in [1.807, 2.05) is 19.1 Å². The molecule has 14 heavy (non-hydrogen) atoms. The van der Waals surface area contributed by atoms with Crippen LogP contribution in [0.1, 0.15) is 24.8 Å². The van der Waals surface area contributed by atoms with Crippen LogP contribution < -0.4 is 10.5 Å². The first-order chi connectivity index (χ1) is 6.31. The van der Waals surface area contributed by atoms with Crippen molar-refractivity contribution in [2.24, 2.45) is 5.73 Å². The first-order valence-corrected chi connectivity index (χ1v) is 4.79. The highest BCUT2D eigenvalue weighted by Gasteiger charge is 2.34. The third-order valence-electron chi connectivity index (χ3n) is 2.44. The molecule has 78 valence electrons. The maximum Gasteiger partial charge on any atom is 0.119 e. The average Bonchev–Trinajstić information content (AvgIpc) is 2.84. The lowest BCUT2D eigenvalue weighted by Gasteiger charge is -2.04. The third-order valence-corrected chi connectivity index (χ3v) is 2.44. The monoisotopic (exact) mass is 213 g/mol.